The molecule has 5 nitrogen and oxygen atoms in total. The molecule has 1 aliphatic heterocycles. The maximum absolute atomic E-state index is 13.4. The third-order valence-electron chi connectivity index (χ3n) is 5.59. The molecule has 32 heavy (non-hydrogen) atoms. The number of carbonyl (C=O) groups is 2. The molecule has 4 rings (SSSR count). The van der Waals surface area contributed by atoms with Gasteiger partial charge in [-0.05, 0) is 65.6 Å². The second kappa shape index (κ2) is 8.30. The summed E-state index contributed by atoms with van der Waals surface area (Å²) in [5.74, 6) is -2.29. The number of amides is 1. The smallest absolute Gasteiger partial charge is 0.300 e. The van der Waals surface area contributed by atoms with Crippen molar-refractivity contribution in [3.63, 3.8) is 0 Å². The molecule has 0 radical (unpaired) electrons. The van der Waals surface area contributed by atoms with Gasteiger partial charge >= 0.3 is 0 Å². The fourth-order valence-electron chi connectivity index (χ4n) is 3.89. The molecule has 0 bridgehead atoms. The normalized spacial score (nSPS) is 17.9. The minimum atomic E-state index is -0.961. The first-order valence-corrected chi connectivity index (χ1v) is 10.2. The average molecular weight is 431 g/mol. The van der Waals surface area contributed by atoms with Gasteiger partial charge in [0.05, 0.1) is 11.6 Å². The fraction of sp³-hybridized carbons (Fsp3) is 0.154. The van der Waals surface area contributed by atoms with Crippen molar-refractivity contribution in [2.45, 2.75) is 25.8 Å². The number of rotatable bonds is 4. The zero-order valence-corrected chi connectivity index (χ0v) is 17.6. The summed E-state index contributed by atoms with van der Waals surface area (Å²) in [5.41, 5.74) is 2.11. The van der Waals surface area contributed by atoms with Crippen LogP contribution in [0, 0.1) is 5.82 Å². The molecule has 3 aromatic carbocycles. The number of aliphatic hydroxyl groups excluding tert-OH is 1. The Balaban J connectivity index is 1.91. The van der Waals surface area contributed by atoms with E-state index >= 15 is 0 Å². The van der Waals surface area contributed by atoms with Crippen LogP contribution in [0.4, 0.5) is 10.1 Å². The predicted molar refractivity (Wildman–Crippen MR) is 120 cm³/mol. The van der Waals surface area contributed by atoms with E-state index in [1.807, 2.05) is 12.1 Å². The largest absolute Gasteiger partial charge is 0.508 e. The lowest BCUT2D eigenvalue weighted by molar-refractivity contribution is -0.132. The van der Waals surface area contributed by atoms with Crippen LogP contribution < -0.4 is 4.90 Å². The van der Waals surface area contributed by atoms with Crippen LogP contribution in [0.3, 0.4) is 0 Å². The van der Waals surface area contributed by atoms with Gasteiger partial charge in [-0.25, -0.2) is 4.39 Å². The lowest BCUT2D eigenvalue weighted by atomic mass is 9.94. The van der Waals surface area contributed by atoms with Crippen LogP contribution in [-0.2, 0) is 9.59 Å². The highest BCUT2D eigenvalue weighted by atomic mass is 19.1. The third-order valence-corrected chi connectivity index (χ3v) is 5.59. The van der Waals surface area contributed by atoms with Gasteiger partial charge in [0, 0.05) is 11.3 Å². The summed E-state index contributed by atoms with van der Waals surface area (Å²) >= 11 is 0. The zero-order valence-electron chi connectivity index (χ0n) is 17.6. The number of phenolic OH excluding ortho intramolecular Hbond substituents is 1. The van der Waals surface area contributed by atoms with Crippen molar-refractivity contribution >= 4 is 23.1 Å². The molecule has 1 saturated heterocycles. The molecule has 1 aliphatic rings. The van der Waals surface area contributed by atoms with Gasteiger partial charge in [0.25, 0.3) is 11.7 Å². The Hall–Kier alpha value is -3.93. The number of benzene rings is 3. The molecule has 0 aliphatic carbocycles. The van der Waals surface area contributed by atoms with Crippen LogP contribution >= 0.6 is 0 Å². The van der Waals surface area contributed by atoms with Crippen LogP contribution in [0.1, 0.15) is 42.5 Å². The van der Waals surface area contributed by atoms with Crippen LogP contribution in [0.25, 0.3) is 5.76 Å². The molecule has 3 aromatic rings. The fourth-order valence-corrected chi connectivity index (χ4v) is 3.89. The van der Waals surface area contributed by atoms with Crippen molar-refractivity contribution in [3.05, 3.63) is 101 Å². The Bertz CT molecular complexity index is 1210. The highest BCUT2D eigenvalue weighted by molar-refractivity contribution is 6.51. The lowest BCUT2D eigenvalue weighted by Crippen LogP contribution is -2.29. The molecule has 162 valence electrons. The molecule has 6 heteroatoms. The summed E-state index contributed by atoms with van der Waals surface area (Å²) in [6.45, 7) is 4.10. The van der Waals surface area contributed by atoms with E-state index in [0.717, 1.165) is 5.56 Å². The number of nitrogens with zero attached hydrogens (tertiary/aromatic N) is 1. The van der Waals surface area contributed by atoms with Crippen molar-refractivity contribution in [2.24, 2.45) is 0 Å². The molecule has 1 fully saturated rings. The summed E-state index contributed by atoms with van der Waals surface area (Å²) in [5, 5.41) is 21.0. The Morgan fingerprint density at radius 3 is 2.22 bits per heavy atom. The Morgan fingerprint density at radius 1 is 0.969 bits per heavy atom. The van der Waals surface area contributed by atoms with Crippen molar-refractivity contribution in [3.8, 4) is 5.75 Å². The van der Waals surface area contributed by atoms with Crippen molar-refractivity contribution in [1.29, 1.82) is 0 Å². The summed E-state index contributed by atoms with van der Waals surface area (Å²) in [6, 6.07) is 17.5. The Labute approximate surface area is 185 Å². The van der Waals surface area contributed by atoms with E-state index in [-0.39, 0.29) is 16.9 Å². The Kier molecular flexibility index (Phi) is 5.53. The number of phenols is 1. The van der Waals surface area contributed by atoms with Gasteiger partial charge in [-0.3, -0.25) is 14.5 Å². The van der Waals surface area contributed by atoms with E-state index < -0.39 is 29.3 Å². The number of aliphatic hydroxyl groups is 1. The van der Waals surface area contributed by atoms with E-state index in [0.29, 0.717) is 17.2 Å². The first kappa shape index (κ1) is 21.3. The number of hydrogen-bond acceptors (Lipinski definition) is 4. The monoisotopic (exact) mass is 431 g/mol. The molecule has 1 atom stereocenters. The number of Topliss-reactive ketones (excluding diaryl/α,β-unsaturated/α-hetero) is 1. The van der Waals surface area contributed by atoms with Gasteiger partial charge < -0.3 is 10.2 Å². The van der Waals surface area contributed by atoms with Crippen LogP contribution in [0.5, 0.6) is 5.75 Å². The molecule has 1 heterocycles. The van der Waals surface area contributed by atoms with Crippen molar-refractivity contribution in [1.82, 2.24) is 0 Å². The SMILES string of the molecule is CC(C)c1ccc(N2C(=O)C(=O)/C(=C(\O)c3ccc(F)cc3)C2c2cccc(O)c2)cc1. The maximum atomic E-state index is 13.4. The minimum Gasteiger partial charge on any atom is -0.508 e. The van der Waals surface area contributed by atoms with E-state index in [1.54, 1.807) is 24.3 Å². The number of ketones is 1. The standard InChI is InChI=1S/C26H22FNO4/c1-15(2)16-8-12-20(13-9-16)28-23(18-4-3-5-21(29)14-18)22(25(31)26(28)32)24(30)17-6-10-19(27)11-7-17/h3-15,23,29-30H,1-2H3/b24-22-. The van der Waals surface area contributed by atoms with E-state index in [9.17, 15) is 24.2 Å². The van der Waals surface area contributed by atoms with Gasteiger partial charge in [0.1, 0.15) is 17.3 Å². The van der Waals surface area contributed by atoms with E-state index in [1.165, 1.54) is 41.3 Å². The quantitative estimate of drug-likeness (QED) is 0.335. The maximum Gasteiger partial charge on any atom is 0.300 e. The number of aromatic hydroxyl groups is 1. The minimum absolute atomic E-state index is 0.0370. The second-order valence-corrected chi connectivity index (χ2v) is 8.02. The number of carbonyl (C=O) groups excluding carboxylic acids is 2. The molecule has 1 amide bonds. The third kappa shape index (κ3) is 3.75. The Morgan fingerprint density at radius 2 is 1.62 bits per heavy atom. The van der Waals surface area contributed by atoms with Gasteiger partial charge in [-0.1, -0.05) is 38.1 Å². The summed E-state index contributed by atoms with van der Waals surface area (Å²) in [6.07, 6.45) is 0. The van der Waals surface area contributed by atoms with Crippen LogP contribution in [0.15, 0.2) is 78.4 Å². The predicted octanol–water partition coefficient (Wildman–Crippen LogP) is 5.28. The summed E-state index contributed by atoms with van der Waals surface area (Å²) < 4.78 is 13.4. The topological polar surface area (TPSA) is 77.8 Å². The summed E-state index contributed by atoms with van der Waals surface area (Å²) in [7, 11) is 0. The van der Waals surface area contributed by atoms with Crippen molar-refractivity contribution in [2.75, 3.05) is 4.90 Å². The number of hydrogen-bond donors (Lipinski definition) is 2. The van der Waals surface area contributed by atoms with Crippen molar-refractivity contribution < 1.29 is 24.2 Å². The number of anilines is 1. The molecule has 2 N–H and O–H groups in total. The highest BCUT2D eigenvalue weighted by Gasteiger charge is 2.47. The molecule has 0 spiro atoms. The van der Waals surface area contributed by atoms with Gasteiger partial charge in [-0.2, -0.15) is 0 Å². The highest BCUT2D eigenvalue weighted by Crippen LogP contribution is 2.42. The molecule has 0 saturated carbocycles. The second-order valence-electron chi connectivity index (χ2n) is 8.02. The molecule has 0 aromatic heterocycles. The van der Waals surface area contributed by atoms with Gasteiger partial charge in [0.2, 0.25) is 0 Å². The van der Waals surface area contributed by atoms with Crippen LogP contribution in [0.2, 0.25) is 0 Å². The first-order valence-electron chi connectivity index (χ1n) is 10.2. The van der Waals surface area contributed by atoms with E-state index in [4.69, 9.17) is 0 Å². The van der Waals surface area contributed by atoms with Crippen LogP contribution in [-0.4, -0.2) is 21.9 Å². The van der Waals surface area contributed by atoms with Gasteiger partial charge in [-0.15, -0.1) is 0 Å². The van der Waals surface area contributed by atoms with Gasteiger partial charge in [0.15, 0.2) is 0 Å². The molecular formula is C26H22FNO4. The average Bonchev–Trinajstić information content (AvgIpc) is 3.04. The zero-order chi connectivity index (χ0) is 23.0. The first-order chi connectivity index (χ1) is 15.3. The number of halogens is 1. The molecule has 1 unspecified atom stereocenters. The summed E-state index contributed by atoms with van der Waals surface area (Å²) in [4.78, 5) is 27.5. The lowest BCUT2D eigenvalue weighted by Gasteiger charge is -2.26. The van der Waals surface area contributed by atoms with E-state index in [2.05, 4.69) is 13.8 Å². The molecular weight excluding hydrogens is 409 g/mol.